The highest BCUT2D eigenvalue weighted by Crippen LogP contribution is 2.76. The number of rotatable bonds is 1. The molecule has 0 saturated heterocycles. The molecule has 0 radical (unpaired) electrons. The van der Waals surface area contributed by atoms with Crippen LogP contribution in [0.15, 0.2) is 11.6 Å². The van der Waals surface area contributed by atoms with Crippen LogP contribution in [0, 0.1) is 57.7 Å². The van der Waals surface area contributed by atoms with Crippen molar-refractivity contribution in [1.82, 2.24) is 0 Å². The largest absolute Gasteiger partial charge is 0.0847 e. The standard InChI is InChI=1S/C25H40/c1-15(2)17-9-10-23(4)11-12-24(5)13-18-19(22(24)21(17)23)14-25(6)16(3)7-8-20(18)25/h7,15,17-22H,8-14H2,1-6H3/t17-,18+,19+,20?,21+,22+,23+,24-,25-/m1/s1. The molecule has 25 heavy (non-hydrogen) atoms. The van der Waals surface area contributed by atoms with Crippen molar-refractivity contribution in [3.8, 4) is 0 Å². The van der Waals surface area contributed by atoms with E-state index >= 15 is 0 Å². The van der Waals surface area contributed by atoms with Crippen LogP contribution in [0.2, 0.25) is 0 Å². The van der Waals surface area contributed by atoms with Gasteiger partial charge in [0.15, 0.2) is 0 Å². The number of fused-ring (bicyclic) bond motifs is 7. The van der Waals surface area contributed by atoms with Crippen LogP contribution < -0.4 is 0 Å². The molecule has 0 heteroatoms. The number of hydrogen-bond donors (Lipinski definition) is 0. The Bertz CT molecular complexity index is 614. The first-order chi connectivity index (χ1) is 11.7. The molecule has 0 N–H and O–H groups in total. The van der Waals surface area contributed by atoms with E-state index in [-0.39, 0.29) is 0 Å². The highest BCUT2D eigenvalue weighted by atomic mass is 14.7. The van der Waals surface area contributed by atoms with Gasteiger partial charge in [0.05, 0.1) is 0 Å². The summed E-state index contributed by atoms with van der Waals surface area (Å²) >= 11 is 0. The van der Waals surface area contributed by atoms with Gasteiger partial charge in [-0.05, 0) is 110 Å². The van der Waals surface area contributed by atoms with Gasteiger partial charge in [0.25, 0.3) is 0 Å². The molecule has 5 aliphatic rings. The third-order valence-corrected chi connectivity index (χ3v) is 10.9. The van der Waals surface area contributed by atoms with E-state index in [2.05, 4.69) is 47.6 Å². The van der Waals surface area contributed by atoms with Crippen molar-refractivity contribution in [3.63, 3.8) is 0 Å². The van der Waals surface area contributed by atoms with Crippen LogP contribution in [0.4, 0.5) is 0 Å². The predicted molar refractivity (Wildman–Crippen MR) is 106 cm³/mol. The minimum Gasteiger partial charge on any atom is -0.0847 e. The quantitative estimate of drug-likeness (QED) is 0.446. The smallest absolute Gasteiger partial charge is 0.00824 e. The summed E-state index contributed by atoms with van der Waals surface area (Å²) in [6.45, 7) is 15.5. The molecule has 1 unspecified atom stereocenters. The molecule has 5 rings (SSSR count). The molecule has 9 atom stereocenters. The van der Waals surface area contributed by atoms with E-state index in [9.17, 15) is 0 Å². The van der Waals surface area contributed by atoms with Gasteiger partial charge >= 0.3 is 0 Å². The van der Waals surface area contributed by atoms with Crippen LogP contribution in [-0.4, -0.2) is 0 Å². The fourth-order valence-corrected chi connectivity index (χ4v) is 9.51. The van der Waals surface area contributed by atoms with Crippen LogP contribution in [0.5, 0.6) is 0 Å². The molecule has 0 aliphatic heterocycles. The molecular weight excluding hydrogens is 300 g/mol. The minimum absolute atomic E-state index is 0.552. The normalized spacial score (nSPS) is 59.6. The Morgan fingerprint density at radius 3 is 2.36 bits per heavy atom. The van der Waals surface area contributed by atoms with E-state index in [0.29, 0.717) is 16.2 Å². The minimum atomic E-state index is 0.552. The van der Waals surface area contributed by atoms with Gasteiger partial charge in [-0.1, -0.05) is 46.3 Å². The first-order valence-electron chi connectivity index (χ1n) is 11.4. The van der Waals surface area contributed by atoms with Crippen LogP contribution in [0.25, 0.3) is 0 Å². The summed E-state index contributed by atoms with van der Waals surface area (Å²) in [6.07, 6.45) is 13.1. The molecule has 0 aromatic carbocycles. The van der Waals surface area contributed by atoms with Crippen LogP contribution in [0.1, 0.15) is 86.5 Å². The Morgan fingerprint density at radius 2 is 1.64 bits per heavy atom. The molecule has 0 aromatic heterocycles. The van der Waals surface area contributed by atoms with Crippen molar-refractivity contribution in [1.29, 1.82) is 0 Å². The van der Waals surface area contributed by atoms with Crippen molar-refractivity contribution in [2.24, 2.45) is 57.7 Å². The van der Waals surface area contributed by atoms with E-state index < -0.39 is 0 Å². The van der Waals surface area contributed by atoms with Crippen molar-refractivity contribution in [3.05, 3.63) is 11.6 Å². The highest BCUT2D eigenvalue weighted by Gasteiger charge is 2.68. The average Bonchev–Trinajstić information content (AvgIpc) is 3.18. The third kappa shape index (κ3) is 1.96. The van der Waals surface area contributed by atoms with Crippen LogP contribution in [-0.2, 0) is 0 Å². The Morgan fingerprint density at radius 1 is 0.920 bits per heavy atom. The topological polar surface area (TPSA) is 0 Å². The van der Waals surface area contributed by atoms with Gasteiger partial charge in [-0.15, -0.1) is 0 Å². The van der Waals surface area contributed by atoms with E-state index in [0.717, 1.165) is 41.4 Å². The maximum atomic E-state index is 2.72. The molecule has 140 valence electrons. The second-order valence-electron chi connectivity index (χ2n) is 12.2. The molecule has 0 aromatic rings. The zero-order chi connectivity index (χ0) is 17.8. The van der Waals surface area contributed by atoms with Crippen LogP contribution >= 0.6 is 0 Å². The molecule has 0 bridgehead atoms. The highest BCUT2D eigenvalue weighted by molar-refractivity contribution is 5.27. The van der Waals surface area contributed by atoms with Gasteiger partial charge in [-0.2, -0.15) is 0 Å². The molecule has 0 amide bonds. The molecular formula is C25H40. The van der Waals surface area contributed by atoms with Gasteiger partial charge in [0.1, 0.15) is 0 Å². The second kappa shape index (κ2) is 4.96. The zero-order valence-electron chi connectivity index (χ0n) is 17.6. The van der Waals surface area contributed by atoms with Crippen molar-refractivity contribution >= 4 is 0 Å². The lowest BCUT2D eigenvalue weighted by Crippen LogP contribution is -2.47. The van der Waals surface area contributed by atoms with Crippen molar-refractivity contribution < 1.29 is 0 Å². The second-order valence-corrected chi connectivity index (χ2v) is 12.2. The summed E-state index contributed by atoms with van der Waals surface area (Å²) in [5, 5.41) is 0. The van der Waals surface area contributed by atoms with E-state index in [1.54, 1.807) is 12.0 Å². The van der Waals surface area contributed by atoms with E-state index in [4.69, 9.17) is 0 Å². The Kier molecular flexibility index (Phi) is 3.35. The summed E-state index contributed by atoms with van der Waals surface area (Å²) in [7, 11) is 0. The average molecular weight is 341 g/mol. The maximum Gasteiger partial charge on any atom is -0.00824 e. The summed E-state index contributed by atoms with van der Waals surface area (Å²) in [5.41, 5.74) is 3.61. The lowest BCUT2D eigenvalue weighted by Gasteiger charge is -2.53. The van der Waals surface area contributed by atoms with Gasteiger partial charge in [0.2, 0.25) is 0 Å². The number of hydrogen-bond acceptors (Lipinski definition) is 0. The van der Waals surface area contributed by atoms with Gasteiger partial charge < -0.3 is 0 Å². The van der Waals surface area contributed by atoms with E-state index in [1.165, 1.54) is 38.5 Å². The van der Waals surface area contributed by atoms with Gasteiger partial charge in [-0.3, -0.25) is 0 Å². The first-order valence-corrected chi connectivity index (χ1v) is 11.4. The molecule has 4 saturated carbocycles. The molecule has 5 aliphatic carbocycles. The predicted octanol–water partition coefficient (Wildman–Crippen LogP) is 7.10. The van der Waals surface area contributed by atoms with Crippen LogP contribution in [0.3, 0.4) is 0 Å². The third-order valence-electron chi connectivity index (χ3n) is 10.9. The molecule has 0 nitrogen and oxygen atoms in total. The lowest BCUT2D eigenvalue weighted by molar-refractivity contribution is -0.0477. The SMILES string of the molecule is CC1=CCC2[C@H]3C[C@@]4(C)CC[C@]5(C)CC[C@H](C(C)C)[C@H]5[C@@H]4[C@H]3C[C@]12C. The molecule has 0 spiro atoms. The zero-order valence-corrected chi connectivity index (χ0v) is 17.6. The van der Waals surface area contributed by atoms with Crippen molar-refractivity contribution in [2.75, 3.05) is 0 Å². The number of allylic oxidation sites excluding steroid dienone is 2. The Balaban J connectivity index is 1.56. The summed E-state index contributed by atoms with van der Waals surface area (Å²) in [6, 6.07) is 0. The Hall–Kier alpha value is -0.260. The molecule has 4 fully saturated rings. The van der Waals surface area contributed by atoms with Crippen molar-refractivity contribution in [2.45, 2.75) is 86.5 Å². The van der Waals surface area contributed by atoms with Gasteiger partial charge in [-0.25, -0.2) is 0 Å². The first kappa shape index (κ1) is 16.9. The summed E-state index contributed by atoms with van der Waals surface area (Å²) in [5.74, 6) is 6.97. The maximum absolute atomic E-state index is 2.72. The summed E-state index contributed by atoms with van der Waals surface area (Å²) < 4.78 is 0. The van der Waals surface area contributed by atoms with Gasteiger partial charge in [0, 0.05) is 0 Å². The summed E-state index contributed by atoms with van der Waals surface area (Å²) in [4.78, 5) is 0. The molecule has 0 heterocycles. The lowest BCUT2D eigenvalue weighted by atomic mass is 9.51. The fraction of sp³-hybridized carbons (Fsp3) is 0.920. The monoisotopic (exact) mass is 340 g/mol. The van der Waals surface area contributed by atoms with E-state index in [1.807, 2.05) is 0 Å². The fourth-order valence-electron chi connectivity index (χ4n) is 9.51. The Labute approximate surface area is 156 Å².